The van der Waals surface area contributed by atoms with Gasteiger partial charge in [0, 0.05) is 30.8 Å². The van der Waals surface area contributed by atoms with Crippen LogP contribution in [-0.2, 0) is 38.7 Å². The molecule has 5 atom stereocenters. The molecule has 2 amide bonds. The first-order valence-electron chi connectivity index (χ1n) is 18.2. The number of likely N-dealkylation sites (tertiary alicyclic amines) is 1. The predicted octanol–water partition coefficient (Wildman–Crippen LogP) is 4.85. The highest BCUT2D eigenvalue weighted by molar-refractivity contribution is 7.90. The summed E-state index contributed by atoms with van der Waals surface area (Å²) < 4.78 is 45.0. The zero-order chi connectivity index (χ0) is 38.9. The fraction of sp³-hybridized carbons (Fsp3) is 0.590. The number of carbonyl (C=O) groups excluding carboxylic acids is 5. The molecule has 2 aromatic rings. The zero-order valence-electron chi connectivity index (χ0n) is 31.6. The molecule has 0 radical (unpaired) electrons. The van der Waals surface area contributed by atoms with E-state index < -0.39 is 74.3 Å². The van der Waals surface area contributed by atoms with Crippen LogP contribution < -0.4 is 14.2 Å². The van der Waals surface area contributed by atoms with Gasteiger partial charge < -0.3 is 19.1 Å². The van der Waals surface area contributed by atoms with Gasteiger partial charge in [0.15, 0.2) is 11.6 Å². The average Bonchev–Trinajstić information content (AvgIpc) is 3.99. The first-order valence-corrected chi connectivity index (χ1v) is 19.8. The summed E-state index contributed by atoms with van der Waals surface area (Å²) in [5.41, 5.74) is -1.34. The van der Waals surface area contributed by atoms with Crippen LogP contribution in [0.1, 0.15) is 92.9 Å². The Kier molecular flexibility index (Phi) is 11.7. The minimum atomic E-state index is -3.85. The molecule has 53 heavy (non-hydrogen) atoms. The van der Waals surface area contributed by atoms with Crippen molar-refractivity contribution in [3.05, 3.63) is 42.1 Å². The van der Waals surface area contributed by atoms with Crippen molar-refractivity contribution in [2.24, 2.45) is 17.3 Å². The van der Waals surface area contributed by atoms with Gasteiger partial charge in [-0.25, -0.2) is 13.4 Å². The number of sulfonamides is 1. The maximum absolute atomic E-state index is 14.5. The fourth-order valence-corrected chi connectivity index (χ4v) is 8.63. The second-order valence-corrected chi connectivity index (χ2v) is 17.8. The number of amides is 2. The van der Waals surface area contributed by atoms with Gasteiger partial charge in [0.1, 0.15) is 17.5 Å². The number of allylic oxidation sites excluding steroid dienone is 2. The molecule has 0 unspecified atom stereocenters. The molecule has 2 heterocycles. The van der Waals surface area contributed by atoms with E-state index >= 15 is 0 Å². The molecule has 0 spiro atoms. The quantitative estimate of drug-likeness (QED) is 0.183. The van der Waals surface area contributed by atoms with Gasteiger partial charge in [-0.2, -0.15) is 0 Å². The summed E-state index contributed by atoms with van der Waals surface area (Å²) in [6.45, 7) is 10.4. The lowest BCUT2D eigenvalue weighted by molar-refractivity contribution is -0.159. The zero-order valence-corrected chi connectivity index (χ0v) is 32.4. The molecule has 13 nitrogen and oxygen atoms in total. The fourth-order valence-electron chi connectivity index (χ4n) is 7.24. The van der Waals surface area contributed by atoms with Crippen molar-refractivity contribution in [2.45, 2.75) is 116 Å². The Morgan fingerprint density at radius 1 is 1.09 bits per heavy atom. The van der Waals surface area contributed by atoms with Crippen molar-refractivity contribution >= 4 is 50.1 Å². The number of pyridine rings is 1. The molecule has 1 saturated heterocycles. The third-order valence-corrected chi connectivity index (χ3v) is 11.9. The van der Waals surface area contributed by atoms with Crippen molar-refractivity contribution in [1.82, 2.24) is 14.6 Å². The van der Waals surface area contributed by atoms with Crippen LogP contribution in [0.15, 0.2) is 42.1 Å². The predicted molar refractivity (Wildman–Crippen MR) is 196 cm³/mol. The lowest BCUT2D eigenvalue weighted by Crippen LogP contribution is -2.47. The maximum atomic E-state index is 14.5. The summed E-state index contributed by atoms with van der Waals surface area (Å²) in [7, 11) is -2.29. The van der Waals surface area contributed by atoms with Gasteiger partial charge in [-0.15, -0.1) is 0 Å². The minimum absolute atomic E-state index is 0.0503. The highest BCUT2D eigenvalue weighted by Crippen LogP contribution is 2.58. The molecule has 2 saturated carbocycles. The number of ether oxygens (including phenoxy) is 3. The molecule has 3 fully saturated rings. The van der Waals surface area contributed by atoms with Crippen LogP contribution in [0.4, 0.5) is 0 Å². The van der Waals surface area contributed by atoms with Crippen molar-refractivity contribution in [2.75, 3.05) is 13.7 Å². The molecule has 1 aromatic heterocycles. The van der Waals surface area contributed by atoms with Gasteiger partial charge >= 0.3 is 5.97 Å². The Morgan fingerprint density at radius 2 is 1.81 bits per heavy atom. The van der Waals surface area contributed by atoms with Crippen LogP contribution in [0.3, 0.4) is 0 Å². The molecule has 288 valence electrons. The van der Waals surface area contributed by atoms with Gasteiger partial charge in [-0.05, 0) is 95.5 Å². The van der Waals surface area contributed by atoms with Crippen molar-refractivity contribution in [1.29, 1.82) is 0 Å². The standard InChI is InChI=1S/C39H51N3O10S/c1-8-26-20-39(26,37(47)41-53(48,49)30-10-11-30)21-33(44)32-19-29(51-35-31-12-9-28(50-7)17-24(31)13-14-40-35)22-42(32)36(46)25(16-27(43)15-23(2)3)18-34(45)52-38(4,5)6/h9,12-15,17,25-26,29-30,32H,8,10-11,16,18-22H2,1-7H3,(H,41,47)/t25-,26-,29-,32+,39-/m1/s1. The van der Waals surface area contributed by atoms with Crippen LogP contribution in [0.5, 0.6) is 11.6 Å². The van der Waals surface area contributed by atoms with E-state index in [0.29, 0.717) is 36.8 Å². The third kappa shape index (κ3) is 9.62. The second-order valence-electron chi connectivity index (χ2n) is 15.8. The van der Waals surface area contributed by atoms with Crippen LogP contribution in [0, 0.1) is 17.3 Å². The minimum Gasteiger partial charge on any atom is -0.497 e. The first-order chi connectivity index (χ1) is 24.9. The average molecular weight is 754 g/mol. The van der Waals surface area contributed by atoms with Gasteiger partial charge in [-0.3, -0.25) is 28.7 Å². The van der Waals surface area contributed by atoms with E-state index in [-0.39, 0.29) is 43.4 Å². The van der Waals surface area contributed by atoms with Crippen molar-refractivity contribution < 1.29 is 46.6 Å². The number of nitrogens with one attached hydrogen (secondary N) is 1. The number of hydrogen-bond donors (Lipinski definition) is 1. The molecule has 1 N–H and O–H groups in total. The van der Waals surface area contributed by atoms with Crippen LogP contribution in [0.2, 0.25) is 0 Å². The summed E-state index contributed by atoms with van der Waals surface area (Å²) in [4.78, 5) is 74.4. The summed E-state index contributed by atoms with van der Waals surface area (Å²) in [5.74, 6) is -3.16. The van der Waals surface area contributed by atoms with Gasteiger partial charge in [0.05, 0.1) is 42.7 Å². The molecule has 14 heteroatoms. The van der Waals surface area contributed by atoms with Crippen molar-refractivity contribution in [3.63, 3.8) is 0 Å². The van der Waals surface area contributed by atoms with Crippen molar-refractivity contribution in [3.8, 4) is 11.6 Å². The summed E-state index contributed by atoms with van der Waals surface area (Å²) in [5, 5.41) is 0.877. The number of benzene rings is 1. The van der Waals surface area contributed by atoms with Crippen LogP contribution in [-0.4, -0.2) is 84.3 Å². The van der Waals surface area contributed by atoms with E-state index in [1.54, 1.807) is 66.1 Å². The van der Waals surface area contributed by atoms with Gasteiger partial charge in [0.2, 0.25) is 27.7 Å². The topological polar surface area (TPSA) is 175 Å². The Labute approximate surface area is 311 Å². The smallest absolute Gasteiger partial charge is 0.307 e. The number of nitrogens with zero attached hydrogens (tertiary/aromatic N) is 2. The lowest BCUT2D eigenvalue weighted by Gasteiger charge is -2.29. The number of hydrogen-bond acceptors (Lipinski definition) is 11. The van der Waals surface area contributed by atoms with Crippen LogP contribution in [0.25, 0.3) is 10.8 Å². The number of aromatic nitrogens is 1. The number of Topliss-reactive ketones (excluding diaryl/α,β-unsaturated/α-hetero) is 1. The van der Waals surface area contributed by atoms with E-state index in [2.05, 4.69) is 9.71 Å². The third-order valence-electron chi connectivity index (χ3n) is 10.1. The number of rotatable bonds is 16. The van der Waals surface area contributed by atoms with E-state index in [1.165, 1.54) is 11.0 Å². The monoisotopic (exact) mass is 753 g/mol. The molecule has 0 bridgehead atoms. The highest BCUT2D eigenvalue weighted by atomic mass is 32.2. The number of esters is 1. The Morgan fingerprint density at radius 3 is 2.42 bits per heavy atom. The second kappa shape index (κ2) is 15.6. The number of carbonyl (C=O) groups is 5. The molecule has 1 aliphatic heterocycles. The number of methoxy groups -OCH3 is 1. The van der Waals surface area contributed by atoms with E-state index in [1.807, 2.05) is 13.0 Å². The van der Waals surface area contributed by atoms with E-state index in [0.717, 1.165) is 11.0 Å². The first kappa shape index (κ1) is 39.9. The van der Waals surface area contributed by atoms with Gasteiger partial charge in [0.25, 0.3) is 0 Å². The molecule has 2 aliphatic carbocycles. The maximum Gasteiger partial charge on any atom is 0.307 e. The number of fused-ring (bicyclic) bond motifs is 1. The Balaban J connectivity index is 1.46. The molecular formula is C39H51N3O10S. The summed E-state index contributed by atoms with van der Waals surface area (Å²) >= 11 is 0. The van der Waals surface area contributed by atoms with E-state index in [4.69, 9.17) is 14.2 Å². The lowest BCUT2D eigenvalue weighted by atomic mass is 9.90. The Hall–Kier alpha value is -4.33. The summed E-state index contributed by atoms with van der Waals surface area (Å²) in [6, 6.07) is 6.13. The molecule has 5 rings (SSSR count). The SMILES string of the molecule is CC[C@@H]1C[C@]1(CC(=O)[C@@H]1C[C@@H](Oc2nccc3cc(OC)ccc23)CN1C(=O)[C@H](CC(=O)C=C(C)C)CC(=O)OC(C)(C)C)C(=O)NS(=O)(=O)C1CC1. The largest absolute Gasteiger partial charge is 0.497 e. The number of ketones is 2. The summed E-state index contributed by atoms with van der Waals surface area (Å²) in [6.07, 6.45) is 3.22. The normalized spacial score (nSPS) is 23.2. The molecule has 1 aromatic carbocycles. The molecular weight excluding hydrogens is 703 g/mol. The van der Waals surface area contributed by atoms with Crippen LogP contribution >= 0.6 is 0 Å². The van der Waals surface area contributed by atoms with E-state index in [9.17, 15) is 32.4 Å². The Bertz CT molecular complexity index is 1910. The molecule has 3 aliphatic rings. The van der Waals surface area contributed by atoms with Gasteiger partial charge in [-0.1, -0.05) is 18.9 Å². The highest BCUT2D eigenvalue weighted by Gasteiger charge is 2.61.